The highest BCUT2D eigenvalue weighted by Gasteiger charge is 2.63. The van der Waals surface area contributed by atoms with Gasteiger partial charge in [0.1, 0.15) is 18.9 Å². The van der Waals surface area contributed by atoms with Crippen molar-refractivity contribution >= 4 is 19.7 Å². The Morgan fingerprint density at radius 1 is 1.00 bits per heavy atom. The van der Waals surface area contributed by atoms with Crippen LogP contribution in [0.2, 0.25) is 0 Å². The minimum Gasteiger partial charge on any atom is -0.237 e. The van der Waals surface area contributed by atoms with E-state index in [0.29, 0.717) is 17.5 Å². The molecule has 1 aromatic rings. The van der Waals surface area contributed by atoms with Gasteiger partial charge in [-0.2, -0.15) is 26.3 Å². The molecule has 0 aromatic carbocycles. The van der Waals surface area contributed by atoms with Crippen LogP contribution in [-0.2, 0) is 32.8 Å². The molecule has 0 fully saturated rings. The summed E-state index contributed by atoms with van der Waals surface area (Å²) in [6, 6.07) is 0. The SMILES string of the molecule is CCCCn1cc[n+](CC(S(=O)(=O)C(F)(F)F)S(=O)(=O)C(F)(F)F)c1. The smallest absolute Gasteiger partial charge is 0.237 e. The molecule has 0 N–H and O–H groups in total. The molecule has 146 valence electrons. The lowest BCUT2D eigenvalue weighted by molar-refractivity contribution is -0.693. The summed E-state index contributed by atoms with van der Waals surface area (Å²) >= 11 is 0. The van der Waals surface area contributed by atoms with Crippen LogP contribution in [0.4, 0.5) is 26.3 Å². The fraction of sp³-hybridized carbons (Fsp3) is 0.727. The first-order valence-corrected chi connectivity index (χ1v) is 9.89. The maximum absolute atomic E-state index is 12.6. The van der Waals surface area contributed by atoms with Crippen LogP contribution in [0, 0.1) is 0 Å². The van der Waals surface area contributed by atoms with Gasteiger partial charge < -0.3 is 0 Å². The van der Waals surface area contributed by atoms with Crippen LogP contribution in [-0.4, -0.2) is 37.0 Å². The van der Waals surface area contributed by atoms with E-state index in [1.54, 1.807) is 0 Å². The standard InChI is InChI=1S/C11H15F6N2O4S2/c1-2-3-4-18-5-6-19(8-18)7-9(24(20,21)10(12,13)14)25(22,23)11(15,16)17/h5-6,8-9H,2-4,7H2,1H3/q+1. The van der Waals surface area contributed by atoms with Crippen LogP contribution in [0.3, 0.4) is 0 Å². The van der Waals surface area contributed by atoms with Crippen molar-refractivity contribution in [2.75, 3.05) is 0 Å². The summed E-state index contributed by atoms with van der Waals surface area (Å²) in [6.07, 6.45) is 4.74. The van der Waals surface area contributed by atoms with Gasteiger partial charge in [0.05, 0.1) is 6.54 Å². The monoisotopic (exact) mass is 417 g/mol. The number of halogens is 6. The van der Waals surface area contributed by atoms with E-state index in [-0.39, 0.29) is 0 Å². The van der Waals surface area contributed by atoms with Gasteiger partial charge in [-0.3, -0.25) is 0 Å². The molecule has 0 radical (unpaired) electrons. The van der Waals surface area contributed by atoms with Gasteiger partial charge in [0, 0.05) is 0 Å². The third-order valence-corrected chi connectivity index (χ3v) is 7.71. The fourth-order valence-electron chi connectivity index (χ4n) is 1.85. The van der Waals surface area contributed by atoms with Gasteiger partial charge in [0.25, 0.3) is 19.7 Å². The molecular weight excluding hydrogens is 402 g/mol. The van der Waals surface area contributed by atoms with Crippen molar-refractivity contribution in [2.45, 2.75) is 48.5 Å². The van der Waals surface area contributed by atoms with E-state index in [4.69, 9.17) is 0 Å². The predicted octanol–water partition coefficient (Wildman–Crippen LogP) is 1.77. The van der Waals surface area contributed by atoms with Crippen LogP contribution >= 0.6 is 0 Å². The molecule has 0 aliphatic heterocycles. The van der Waals surface area contributed by atoms with Crippen molar-refractivity contribution in [2.24, 2.45) is 0 Å². The average Bonchev–Trinajstić information content (AvgIpc) is 2.87. The number of rotatable bonds is 7. The number of imidazole rings is 1. The van der Waals surface area contributed by atoms with Gasteiger partial charge in [-0.15, -0.1) is 0 Å². The Morgan fingerprint density at radius 2 is 1.48 bits per heavy atom. The molecule has 1 rings (SSSR count). The first-order chi connectivity index (χ1) is 11.1. The van der Waals surface area contributed by atoms with Gasteiger partial charge in [-0.1, -0.05) is 13.3 Å². The van der Waals surface area contributed by atoms with Crippen LogP contribution in [0.25, 0.3) is 0 Å². The summed E-state index contributed by atoms with van der Waals surface area (Å²) in [5.74, 6) is 0. The molecule has 0 amide bonds. The summed E-state index contributed by atoms with van der Waals surface area (Å²) < 4.78 is 120. The van der Waals surface area contributed by atoms with Crippen molar-refractivity contribution < 1.29 is 47.7 Å². The Hall–Kier alpha value is -1.31. The number of aryl methyl sites for hydroxylation is 1. The maximum atomic E-state index is 12.6. The minimum absolute atomic E-state index is 0.381. The summed E-state index contributed by atoms with van der Waals surface area (Å²) in [7, 11) is -13.2. The number of hydrogen-bond acceptors (Lipinski definition) is 4. The average molecular weight is 417 g/mol. The van der Waals surface area contributed by atoms with Gasteiger partial charge >= 0.3 is 11.0 Å². The highest BCUT2D eigenvalue weighted by Crippen LogP contribution is 2.36. The van der Waals surface area contributed by atoms with E-state index in [1.165, 1.54) is 10.8 Å². The fourth-order valence-corrected chi connectivity index (χ4v) is 5.17. The molecule has 6 nitrogen and oxygen atoms in total. The first kappa shape index (κ1) is 21.7. The number of nitrogens with zero attached hydrogens (tertiary/aromatic N) is 2. The third kappa shape index (κ3) is 4.65. The van der Waals surface area contributed by atoms with E-state index in [1.807, 2.05) is 6.92 Å². The topological polar surface area (TPSA) is 77.1 Å². The molecule has 25 heavy (non-hydrogen) atoms. The largest absolute Gasteiger partial charge is 0.498 e. The zero-order valence-electron chi connectivity index (χ0n) is 12.7. The quantitative estimate of drug-likeness (QED) is 0.501. The summed E-state index contributed by atoms with van der Waals surface area (Å²) in [5, 5.41) is 0. The predicted molar refractivity (Wildman–Crippen MR) is 73.3 cm³/mol. The van der Waals surface area contributed by atoms with Crippen LogP contribution in [0.15, 0.2) is 18.7 Å². The zero-order valence-corrected chi connectivity index (χ0v) is 14.4. The van der Waals surface area contributed by atoms with Crippen molar-refractivity contribution in [1.82, 2.24) is 4.57 Å². The lowest BCUT2D eigenvalue weighted by Crippen LogP contribution is -2.52. The molecule has 0 spiro atoms. The maximum Gasteiger partial charge on any atom is 0.498 e. The van der Waals surface area contributed by atoms with Crippen molar-refractivity contribution in [1.29, 1.82) is 0 Å². The summed E-state index contributed by atoms with van der Waals surface area (Å²) in [6.45, 7) is 0.689. The van der Waals surface area contributed by atoms with Crippen molar-refractivity contribution in [3.63, 3.8) is 0 Å². The van der Waals surface area contributed by atoms with Crippen molar-refractivity contribution in [3.05, 3.63) is 18.7 Å². The lowest BCUT2D eigenvalue weighted by Gasteiger charge is -2.19. The molecule has 0 atom stereocenters. The second-order valence-corrected chi connectivity index (χ2v) is 9.66. The minimum atomic E-state index is -6.62. The molecule has 1 aromatic heterocycles. The molecule has 1 heterocycles. The summed E-state index contributed by atoms with van der Waals surface area (Å²) in [4.78, 5) is 0. The zero-order chi connectivity index (χ0) is 19.7. The lowest BCUT2D eigenvalue weighted by atomic mass is 10.3. The van der Waals surface area contributed by atoms with Crippen molar-refractivity contribution in [3.8, 4) is 0 Å². The Balaban J connectivity index is 3.33. The Bertz CT molecular complexity index is 751. The molecular formula is C11H15F6N2O4S2+. The first-order valence-electron chi connectivity index (χ1n) is 6.79. The van der Waals surface area contributed by atoms with E-state index in [0.717, 1.165) is 18.9 Å². The summed E-state index contributed by atoms with van der Waals surface area (Å²) in [5.41, 5.74) is -12.3. The molecule has 14 heteroatoms. The molecule has 0 aliphatic carbocycles. The number of unbranched alkanes of at least 4 members (excludes halogenated alkanes) is 1. The molecule has 0 saturated heterocycles. The Morgan fingerprint density at radius 3 is 1.88 bits per heavy atom. The van der Waals surface area contributed by atoms with Gasteiger partial charge in [-0.25, -0.2) is 26.0 Å². The Labute approximate surface area is 139 Å². The van der Waals surface area contributed by atoms with Crippen LogP contribution in [0.1, 0.15) is 19.8 Å². The van der Waals surface area contributed by atoms with E-state index in [9.17, 15) is 43.2 Å². The third-order valence-electron chi connectivity index (χ3n) is 3.21. The molecule has 0 unspecified atom stereocenters. The molecule has 0 saturated carbocycles. The van der Waals surface area contributed by atoms with Gasteiger partial charge in [0.15, 0.2) is 0 Å². The number of hydrogen-bond donors (Lipinski definition) is 0. The highest BCUT2D eigenvalue weighted by atomic mass is 32.3. The van der Waals surface area contributed by atoms with Gasteiger partial charge in [0.2, 0.25) is 10.9 Å². The van der Waals surface area contributed by atoms with E-state index in [2.05, 4.69) is 0 Å². The number of aromatic nitrogens is 2. The highest BCUT2D eigenvalue weighted by molar-refractivity contribution is 8.09. The van der Waals surface area contributed by atoms with Crippen LogP contribution < -0.4 is 4.57 Å². The normalized spacial score (nSPS) is 14.2. The second kappa shape index (κ2) is 7.13. The molecule has 0 aliphatic rings. The second-order valence-electron chi connectivity index (χ2n) is 5.11. The molecule has 0 bridgehead atoms. The van der Waals surface area contributed by atoms with E-state index < -0.39 is 41.8 Å². The number of sulfone groups is 2. The Kier molecular flexibility index (Phi) is 6.20. The van der Waals surface area contributed by atoms with E-state index >= 15 is 0 Å². The van der Waals surface area contributed by atoms with Gasteiger partial charge in [-0.05, 0) is 6.42 Å². The van der Waals surface area contributed by atoms with Crippen LogP contribution in [0.5, 0.6) is 0 Å². The number of alkyl halides is 6.